The second-order valence-electron chi connectivity index (χ2n) is 9.45. The van der Waals surface area contributed by atoms with Gasteiger partial charge in [0.1, 0.15) is 41.3 Å². The highest BCUT2D eigenvalue weighted by Gasteiger charge is 2.52. The van der Waals surface area contributed by atoms with Crippen molar-refractivity contribution in [3.63, 3.8) is 0 Å². The molecule has 4 aliphatic rings. The molecule has 2 aliphatic heterocycles. The summed E-state index contributed by atoms with van der Waals surface area (Å²) in [6, 6.07) is 0. The summed E-state index contributed by atoms with van der Waals surface area (Å²) in [5, 5.41) is 43.9. The highest BCUT2D eigenvalue weighted by molar-refractivity contribution is 9.12. The Balaban J connectivity index is 1.25. The molecule has 0 radical (unpaired) electrons. The summed E-state index contributed by atoms with van der Waals surface area (Å²) in [6.45, 7) is -1.04. The van der Waals surface area contributed by atoms with Crippen LogP contribution in [0.15, 0.2) is 51.9 Å². The number of ketones is 1. The van der Waals surface area contributed by atoms with E-state index in [1.165, 1.54) is 26.4 Å². The lowest BCUT2D eigenvalue weighted by Gasteiger charge is -2.33. The van der Waals surface area contributed by atoms with Crippen molar-refractivity contribution >= 4 is 92.7 Å². The van der Waals surface area contributed by atoms with Crippen LogP contribution in [0.1, 0.15) is 12.8 Å². The number of ether oxygens (including phenoxy) is 2. The van der Waals surface area contributed by atoms with Crippen molar-refractivity contribution in [1.29, 1.82) is 0 Å². The molecule has 0 aromatic carbocycles. The number of aliphatic hydroxyl groups excluding tert-OH is 3. The first kappa shape index (κ1) is 32.8. The Hall–Kier alpha value is -2.09. The first-order valence-corrected chi connectivity index (χ1v) is 15.2. The number of Topliss-reactive ketones (excluding diaryl/α,β-unsaturated/α-hetero) is 1. The first-order valence-electron chi connectivity index (χ1n) is 12.1. The van der Waals surface area contributed by atoms with Crippen molar-refractivity contribution in [3.05, 3.63) is 41.6 Å². The van der Waals surface area contributed by atoms with Crippen LogP contribution >= 0.6 is 63.7 Å². The van der Waals surface area contributed by atoms with Crippen LogP contribution in [0.2, 0.25) is 0 Å². The highest BCUT2D eigenvalue weighted by atomic mass is 79.9. The number of oxime groups is 2. The minimum Gasteiger partial charge on any atom is -0.495 e. The van der Waals surface area contributed by atoms with Crippen molar-refractivity contribution in [2.45, 2.75) is 42.4 Å². The molecular formula is C24H24Br4N4O10. The average Bonchev–Trinajstić information content (AvgIpc) is 3.58. The molecule has 0 bridgehead atoms. The van der Waals surface area contributed by atoms with Gasteiger partial charge in [-0.15, -0.1) is 0 Å². The second kappa shape index (κ2) is 12.9. The molecule has 0 aromatic rings. The SMILES string of the molecule is COC1=C(Br)[C@H](O)[C@@]2(C=C1Br)CC(C(=O)NCC(=O)[C@@H](O)CNC(=O)C1=NO[C@]3(C=C(Br)C(OC)=C(Br)[C@@H]3O)C1)=NO2. The fourth-order valence-electron chi connectivity index (χ4n) is 4.43. The van der Waals surface area contributed by atoms with Crippen LogP contribution in [0.5, 0.6) is 0 Å². The van der Waals surface area contributed by atoms with Crippen molar-refractivity contribution < 1.29 is 48.9 Å². The number of carbonyl (C=O) groups is 3. The van der Waals surface area contributed by atoms with E-state index in [1.54, 1.807) is 0 Å². The van der Waals surface area contributed by atoms with E-state index in [-0.39, 0.29) is 24.3 Å². The van der Waals surface area contributed by atoms with E-state index in [9.17, 15) is 29.7 Å². The number of halogens is 4. The minimum absolute atomic E-state index is 0.0717. The quantitative estimate of drug-likeness (QED) is 0.223. The monoisotopic (exact) mass is 844 g/mol. The number of carbonyl (C=O) groups excluding carboxylic acids is 3. The Labute approximate surface area is 272 Å². The zero-order valence-corrected chi connectivity index (χ0v) is 28.2. The number of hydrogen-bond acceptors (Lipinski definition) is 12. The maximum atomic E-state index is 12.6. The molecule has 0 saturated carbocycles. The molecular weight excluding hydrogens is 824 g/mol. The predicted molar refractivity (Wildman–Crippen MR) is 161 cm³/mol. The molecule has 42 heavy (non-hydrogen) atoms. The third-order valence-corrected chi connectivity index (χ3v) is 9.50. The van der Waals surface area contributed by atoms with Gasteiger partial charge in [0.25, 0.3) is 11.8 Å². The van der Waals surface area contributed by atoms with Crippen molar-refractivity contribution in [2.24, 2.45) is 10.3 Å². The van der Waals surface area contributed by atoms with Crippen LogP contribution < -0.4 is 10.6 Å². The fourth-order valence-corrected chi connectivity index (χ4v) is 8.01. The molecule has 0 saturated heterocycles. The van der Waals surface area contributed by atoms with E-state index < -0.39 is 60.2 Å². The largest absolute Gasteiger partial charge is 0.495 e. The van der Waals surface area contributed by atoms with Crippen molar-refractivity contribution in [3.8, 4) is 0 Å². The van der Waals surface area contributed by atoms with Gasteiger partial charge in [-0.05, 0) is 75.9 Å². The number of nitrogens with one attached hydrogen (secondary N) is 2. The van der Waals surface area contributed by atoms with Crippen molar-refractivity contribution in [2.75, 3.05) is 27.3 Å². The van der Waals surface area contributed by atoms with Gasteiger partial charge < -0.3 is 45.1 Å². The Morgan fingerprint density at radius 3 is 1.76 bits per heavy atom. The maximum absolute atomic E-state index is 12.6. The lowest BCUT2D eigenvalue weighted by molar-refractivity contribution is -0.128. The van der Waals surface area contributed by atoms with Gasteiger partial charge >= 0.3 is 0 Å². The summed E-state index contributed by atoms with van der Waals surface area (Å²) in [4.78, 5) is 48.5. The fraction of sp³-hybridized carbons (Fsp3) is 0.458. The summed E-state index contributed by atoms with van der Waals surface area (Å²) in [7, 11) is 2.86. The molecule has 2 amide bonds. The third kappa shape index (κ3) is 6.11. The summed E-state index contributed by atoms with van der Waals surface area (Å²) < 4.78 is 12.0. The summed E-state index contributed by atoms with van der Waals surface area (Å²) in [5.41, 5.74) is -2.89. The standard InChI is InChI=1S/C24H24Br4N4O10/c1-39-17-9(25)3-23(19(35)15(17)27)5-11(31-41-23)21(37)29-7-13(33)14(34)8-30-22(38)12-6-24(42-32-12)4-10(26)18(40-2)16(28)20(24)36/h3-4,13,19-20,33,35-36H,5-8H2,1-2H3,(H,29,37)(H,30,38)/t13-,19-,20-,23+,24+/m0/s1. The van der Waals surface area contributed by atoms with Crippen LogP contribution in [0.3, 0.4) is 0 Å². The number of allylic oxidation sites excluding steroid dienone is 2. The van der Waals surface area contributed by atoms with Gasteiger partial charge in [-0.1, -0.05) is 10.3 Å². The summed E-state index contributed by atoms with van der Waals surface area (Å²) >= 11 is 13.2. The zero-order chi connectivity index (χ0) is 31.0. The van der Waals surface area contributed by atoms with E-state index >= 15 is 0 Å². The van der Waals surface area contributed by atoms with E-state index in [0.717, 1.165) is 0 Å². The molecule has 0 unspecified atom stereocenters. The van der Waals surface area contributed by atoms with Crippen LogP contribution in [0.4, 0.5) is 0 Å². The molecule has 4 rings (SSSR count). The lowest BCUT2D eigenvalue weighted by atomic mass is 9.87. The number of amides is 2. The average molecular weight is 848 g/mol. The van der Waals surface area contributed by atoms with Gasteiger partial charge in [-0.25, -0.2) is 0 Å². The van der Waals surface area contributed by atoms with E-state index in [2.05, 4.69) is 84.7 Å². The van der Waals surface area contributed by atoms with Gasteiger partial charge in [0.15, 0.2) is 17.0 Å². The molecule has 228 valence electrons. The molecule has 2 heterocycles. The van der Waals surface area contributed by atoms with Crippen LogP contribution in [-0.2, 0) is 33.5 Å². The molecule has 5 atom stereocenters. The van der Waals surface area contributed by atoms with Crippen molar-refractivity contribution in [1.82, 2.24) is 10.6 Å². The Bertz CT molecular complexity index is 1390. The molecule has 2 spiro atoms. The summed E-state index contributed by atoms with van der Waals surface area (Å²) in [5.74, 6) is -1.53. The van der Waals surface area contributed by atoms with Gasteiger partial charge in [-0.3, -0.25) is 14.4 Å². The molecule has 14 nitrogen and oxygen atoms in total. The first-order chi connectivity index (χ1) is 19.8. The third-order valence-electron chi connectivity index (χ3n) is 6.74. The lowest BCUT2D eigenvalue weighted by Crippen LogP contribution is -2.47. The van der Waals surface area contributed by atoms with E-state index in [1.807, 2.05) is 0 Å². The van der Waals surface area contributed by atoms with E-state index in [0.29, 0.717) is 29.4 Å². The number of methoxy groups -OCH3 is 2. The molecule has 0 aromatic heterocycles. The van der Waals surface area contributed by atoms with Crippen LogP contribution in [0, 0.1) is 0 Å². The van der Waals surface area contributed by atoms with Crippen LogP contribution in [-0.4, -0.2) is 101 Å². The zero-order valence-electron chi connectivity index (χ0n) is 21.8. The molecule has 18 heteroatoms. The Kier molecular flexibility index (Phi) is 10.1. The normalized spacial score (nSPS) is 29.3. The van der Waals surface area contributed by atoms with Crippen LogP contribution in [0.25, 0.3) is 0 Å². The number of nitrogens with zero attached hydrogens (tertiary/aromatic N) is 2. The molecule has 0 fully saturated rings. The molecule has 2 aliphatic carbocycles. The molecule has 5 N–H and O–H groups in total. The number of aliphatic hydroxyl groups is 3. The topological polar surface area (TPSA) is 198 Å². The Morgan fingerprint density at radius 2 is 1.33 bits per heavy atom. The highest BCUT2D eigenvalue weighted by Crippen LogP contribution is 2.45. The smallest absolute Gasteiger partial charge is 0.269 e. The minimum atomic E-state index is -1.65. The van der Waals surface area contributed by atoms with Gasteiger partial charge in [0.2, 0.25) is 0 Å². The maximum Gasteiger partial charge on any atom is 0.269 e. The van der Waals surface area contributed by atoms with Gasteiger partial charge in [0, 0.05) is 12.8 Å². The predicted octanol–water partition coefficient (Wildman–Crippen LogP) is 0.991. The Morgan fingerprint density at radius 1 is 0.905 bits per heavy atom. The van der Waals surface area contributed by atoms with Gasteiger partial charge in [-0.2, -0.15) is 0 Å². The number of rotatable bonds is 9. The van der Waals surface area contributed by atoms with E-state index in [4.69, 9.17) is 19.1 Å². The summed E-state index contributed by atoms with van der Waals surface area (Å²) in [6.07, 6.45) is -1.25. The second-order valence-corrected chi connectivity index (χ2v) is 12.9. The number of hydrogen-bond donors (Lipinski definition) is 5. The van der Waals surface area contributed by atoms with Gasteiger partial charge in [0.05, 0.1) is 45.2 Å².